The van der Waals surface area contributed by atoms with E-state index in [2.05, 4.69) is 0 Å². The molecule has 0 aromatic heterocycles. The van der Waals surface area contributed by atoms with Gasteiger partial charge in [-0.2, -0.15) is 0 Å². The SMILES string of the molecule is CCCC(=O)[O-].CCCC(=O)[O-].CCCC(=O)[O-].CCCC(=O)[O-].CCCC(=O)[O-].CCCC(=O)[O-].CCCC(=O)[O-].CCCC(=O)[O-].[N]=O.[N]=O.[N]=O.[N]=O.[Rh+2].[Rh+2].[Rh+2].[Rh+2]. The van der Waals surface area contributed by atoms with Crippen LogP contribution >= 0.6 is 0 Å². The first kappa shape index (κ1) is 106. The van der Waals surface area contributed by atoms with E-state index < -0.39 is 47.8 Å². The fourth-order valence-electron chi connectivity index (χ4n) is 1.63. The third kappa shape index (κ3) is 369. The van der Waals surface area contributed by atoms with E-state index in [0.29, 0.717) is 51.4 Å². The maximum Gasteiger partial charge on any atom is 2.00 e. The van der Waals surface area contributed by atoms with E-state index in [1.54, 1.807) is 55.4 Å². The average Bonchev–Trinajstić information content (AvgIpc) is 3.10. The van der Waals surface area contributed by atoms with Gasteiger partial charge in [-0.25, -0.2) is 0 Å². The fourth-order valence-corrected chi connectivity index (χ4v) is 1.63. The van der Waals surface area contributed by atoms with Crippen LogP contribution in [0, 0.1) is 19.6 Å². The number of hydrogen-bond acceptors (Lipinski definition) is 20. The molecule has 0 spiro atoms. The van der Waals surface area contributed by atoms with Crippen molar-refractivity contribution >= 4 is 47.8 Å². The number of rotatable bonds is 16. The van der Waals surface area contributed by atoms with Crippen molar-refractivity contribution in [2.24, 2.45) is 0 Å². The van der Waals surface area contributed by atoms with Crippen LogP contribution < -0.4 is 63.2 Å². The van der Waals surface area contributed by atoms with Gasteiger partial charge in [0.05, 0.1) is 0 Å². The first-order valence-corrected chi connectivity index (χ1v) is 16.5. The molecule has 0 aliphatic rings. The summed E-state index contributed by atoms with van der Waals surface area (Å²) in [4.78, 5) is 105. The Hall–Kier alpha value is -3.35. The number of nitrogens with zero attached hydrogens (tertiary/aromatic N) is 4. The Labute approximate surface area is 402 Å². The second-order valence-corrected chi connectivity index (χ2v) is 8.98. The largest absolute Gasteiger partial charge is 2.00 e. The number of aliphatic carboxylic acids is 8. The molecule has 0 atom stereocenters. The van der Waals surface area contributed by atoms with Gasteiger partial charge in [0, 0.05) is 47.8 Å². The van der Waals surface area contributed by atoms with E-state index >= 15 is 0 Å². The third-order valence-corrected chi connectivity index (χ3v) is 3.63. The third-order valence-electron chi connectivity index (χ3n) is 3.63. The van der Waals surface area contributed by atoms with Crippen molar-refractivity contribution in [3.05, 3.63) is 19.6 Å². The molecule has 28 heteroatoms. The molecule has 0 amide bonds. The summed E-state index contributed by atoms with van der Waals surface area (Å²) in [6.45, 7) is 14.4. The summed E-state index contributed by atoms with van der Waals surface area (Å²) in [6, 6.07) is 0. The zero-order valence-corrected chi connectivity index (χ0v) is 41.2. The molecule has 0 aliphatic carbocycles. The van der Waals surface area contributed by atoms with Gasteiger partial charge in [0.2, 0.25) is 0 Å². The minimum absolute atomic E-state index is 0. The molecule has 0 rings (SSSR count). The molecule has 0 bridgehead atoms. The van der Waals surface area contributed by atoms with Crippen LogP contribution in [0.1, 0.15) is 158 Å². The van der Waals surface area contributed by atoms with Gasteiger partial charge in [0.1, 0.15) is 22.4 Å². The summed E-state index contributed by atoms with van der Waals surface area (Å²) in [7, 11) is 0. The molecule has 0 saturated heterocycles. The molecule has 0 fully saturated rings. The van der Waals surface area contributed by atoms with Crippen molar-refractivity contribution in [1.82, 2.24) is 22.4 Å². The first-order valence-electron chi connectivity index (χ1n) is 16.5. The Morgan fingerprint density at radius 2 is 0.283 bits per heavy atom. The minimum atomic E-state index is -0.961. The first-order chi connectivity index (χ1) is 26.2. The maximum absolute atomic E-state index is 9.49. The molecule has 8 radical (unpaired) electrons. The summed E-state index contributed by atoms with van der Waals surface area (Å²) in [6.07, 6.45) is 6.80. The molecule has 0 aliphatic heterocycles. The molecule has 0 N–H and O–H groups in total. The number of carbonyl (C=O) groups is 8. The molecule has 360 valence electrons. The standard InChI is InChI=1S/8C4H8O2.4NO.4Rh/c8*1-2-3-4(5)6;4*1-2;;;;/h8*2-3H2,1H3,(H,5,6);;;;;;;;/q;;;;;;;;;;;;4*+2/p-8. The predicted molar refractivity (Wildman–Crippen MR) is 181 cm³/mol. The second-order valence-electron chi connectivity index (χ2n) is 8.98. The molecule has 0 aromatic carbocycles. The van der Waals surface area contributed by atoms with Gasteiger partial charge in [-0.3, -0.25) is 0 Å². The molecular weight excluding hydrogens is 1170 g/mol. The number of nitroso groups, excluding NO2 is 4. The number of carbonyl (C=O) groups excluding carboxylic acids is 8. The summed E-state index contributed by atoms with van der Waals surface area (Å²) in [5, 5.41) is 75.9. The Balaban J connectivity index is -0.0000000254. The van der Waals surface area contributed by atoms with E-state index in [-0.39, 0.29) is 129 Å². The van der Waals surface area contributed by atoms with Crippen molar-refractivity contribution in [2.45, 2.75) is 158 Å². The summed E-state index contributed by atoms with van der Waals surface area (Å²) in [5.74, 6) is -7.69. The molecular formula is C32H56N4O20Rh4. The van der Waals surface area contributed by atoms with Crippen LogP contribution in [0.4, 0.5) is 0 Å². The summed E-state index contributed by atoms with van der Waals surface area (Å²) in [5.41, 5.74) is 23.0. The van der Waals surface area contributed by atoms with Gasteiger partial charge in [0.25, 0.3) is 0 Å². The molecule has 0 aromatic rings. The monoisotopic (exact) mass is 1230 g/mol. The molecule has 0 saturated carbocycles. The van der Waals surface area contributed by atoms with Crippen LogP contribution in [0.2, 0.25) is 0 Å². The summed E-state index contributed by atoms with van der Waals surface area (Å²) < 4.78 is 0. The Kier molecular flexibility index (Phi) is 219. The Bertz CT molecular complexity index is 688. The molecule has 24 nitrogen and oxygen atoms in total. The zero-order valence-electron chi connectivity index (χ0n) is 34.6. The zero-order chi connectivity index (χ0) is 47.9. The van der Waals surface area contributed by atoms with E-state index in [0.717, 1.165) is 0 Å². The average molecular weight is 1230 g/mol. The van der Waals surface area contributed by atoms with Gasteiger partial charge < -0.3 is 79.2 Å². The number of carboxylic acid groups (broad SMARTS) is 8. The van der Waals surface area contributed by atoms with E-state index in [4.69, 9.17) is 42.0 Å². The van der Waals surface area contributed by atoms with Crippen LogP contribution in [0.25, 0.3) is 0 Å². The smallest absolute Gasteiger partial charge is 0.550 e. The predicted octanol–water partition coefficient (Wildman–Crippen LogP) is -5.51. The van der Waals surface area contributed by atoms with Crippen molar-refractivity contribution < 1.29 is 157 Å². The minimum Gasteiger partial charge on any atom is -0.550 e. The van der Waals surface area contributed by atoms with E-state index in [1.807, 2.05) is 0 Å². The molecule has 60 heavy (non-hydrogen) atoms. The van der Waals surface area contributed by atoms with Crippen LogP contribution in [-0.4, -0.2) is 47.8 Å². The van der Waals surface area contributed by atoms with Crippen molar-refractivity contribution in [1.29, 1.82) is 0 Å². The summed E-state index contributed by atoms with van der Waals surface area (Å²) >= 11 is 0. The Morgan fingerprint density at radius 1 is 0.233 bits per heavy atom. The van der Waals surface area contributed by atoms with Gasteiger partial charge >= 0.3 is 77.9 Å². The quantitative estimate of drug-likeness (QED) is 0.130. The maximum atomic E-state index is 9.49. The molecule has 0 heterocycles. The van der Waals surface area contributed by atoms with E-state index in [1.165, 1.54) is 0 Å². The van der Waals surface area contributed by atoms with Gasteiger partial charge in [0.15, 0.2) is 0 Å². The van der Waals surface area contributed by atoms with Crippen molar-refractivity contribution in [2.75, 3.05) is 0 Å². The van der Waals surface area contributed by atoms with Crippen LogP contribution in [0.5, 0.6) is 0 Å². The van der Waals surface area contributed by atoms with Gasteiger partial charge in [-0.15, -0.1) is 19.6 Å². The number of carboxylic acids is 8. The normalized spacial score (nSPS) is 6.80. The van der Waals surface area contributed by atoms with Gasteiger partial charge in [-0.1, -0.05) is 107 Å². The number of hydrogen-bond donors (Lipinski definition) is 0. The van der Waals surface area contributed by atoms with E-state index in [9.17, 15) is 79.2 Å². The van der Waals surface area contributed by atoms with Crippen LogP contribution in [-0.2, 0) is 116 Å². The topological polar surface area (TPSA) is 479 Å². The second kappa shape index (κ2) is 124. The fraction of sp³-hybridized carbons (Fsp3) is 0.750. The van der Waals surface area contributed by atoms with Crippen LogP contribution in [0.15, 0.2) is 0 Å². The van der Waals surface area contributed by atoms with Crippen molar-refractivity contribution in [3.8, 4) is 0 Å². The Morgan fingerprint density at radius 3 is 0.283 bits per heavy atom. The molecule has 0 unspecified atom stereocenters. The van der Waals surface area contributed by atoms with Gasteiger partial charge in [-0.05, 0) is 51.4 Å². The van der Waals surface area contributed by atoms with Crippen LogP contribution in [0.3, 0.4) is 0 Å². The van der Waals surface area contributed by atoms with Crippen molar-refractivity contribution in [3.63, 3.8) is 0 Å².